The highest BCUT2D eigenvalue weighted by atomic mass is 16.5. The van der Waals surface area contributed by atoms with Crippen LogP contribution in [0, 0.1) is 13.8 Å². The number of aryl methyl sites for hydroxylation is 2. The lowest BCUT2D eigenvalue weighted by atomic mass is 10.1. The molecule has 1 heterocycles. The first-order valence-electron chi connectivity index (χ1n) is 11.7. The van der Waals surface area contributed by atoms with Gasteiger partial charge in [0.25, 0.3) is 0 Å². The lowest BCUT2D eigenvalue weighted by Crippen LogP contribution is -2.10. The van der Waals surface area contributed by atoms with Gasteiger partial charge in [-0.2, -0.15) is 5.10 Å². The zero-order valence-corrected chi connectivity index (χ0v) is 20.1. The fourth-order valence-electron chi connectivity index (χ4n) is 3.85. The van der Waals surface area contributed by atoms with E-state index in [1.165, 1.54) is 5.56 Å². The summed E-state index contributed by atoms with van der Waals surface area (Å²) < 4.78 is 7.45. The van der Waals surface area contributed by atoms with Crippen molar-refractivity contribution in [2.24, 2.45) is 4.99 Å². The summed E-state index contributed by atoms with van der Waals surface area (Å²) in [5, 5.41) is 4.82. The number of benzene rings is 4. The highest BCUT2D eigenvalue weighted by Gasteiger charge is 2.12. The third kappa shape index (κ3) is 5.15. The summed E-state index contributed by atoms with van der Waals surface area (Å²) >= 11 is 0. The van der Waals surface area contributed by atoms with E-state index in [-0.39, 0.29) is 5.97 Å². The lowest BCUT2D eigenvalue weighted by molar-refractivity contribution is 0.0734. The fraction of sp³-hybridized carbons (Fsp3) is 0.0645. The molecule has 0 amide bonds. The zero-order valence-electron chi connectivity index (χ0n) is 20.1. The van der Waals surface area contributed by atoms with Crippen molar-refractivity contribution in [2.45, 2.75) is 13.8 Å². The van der Waals surface area contributed by atoms with Crippen LogP contribution in [0.2, 0.25) is 0 Å². The molecule has 0 fully saturated rings. The van der Waals surface area contributed by atoms with Crippen LogP contribution in [0.3, 0.4) is 0 Å². The first-order chi connectivity index (χ1) is 17.6. The molecule has 0 radical (unpaired) electrons. The first kappa shape index (κ1) is 23.0. The lowest BCUT2D eigenvalue weighted by Gasteiger charge is -2.07. The Morgan fingerprint density at radius 3 is 2.36 bits per heavy atom. The standard InChI is InChI=1S/C31H25N3O2/c1-22-15-17-25(18-16-22)29-20-30(34(33-29)26-11-4-3-5-12-26)32-21-24-10-8-13-27(19-24)36-31(35)28-14-7-6-9-23(28)2/h3-21H,1-2H3. The van der Waals surface area contributed by atoms with Crippen LogP contribution >= 0.6 is 0 Å². The summed E-state index contributed by atoms with van der Waals surface area (Å²) in [6.45, 7) is 3.95. The minimum absolute atomic E-state index is 0.382. The van der Waals surface area contributed by atoms with Crippen LogP contribution in [0.1, 0.15) is 27.0 Å². The average Bonchev–Trinajstić information content (AvgIpc) is 3.33. The number of carbonyl (C=O) groups is 1. The number of nitrogens with zero attached hydrogens (tertiary/aromatic N) is 3. The highest BCUT2D eigenvalue weighted by Crippen LogP contribution is 2.27. The van der Waals surface area contributed by atoms with Gasteiger partial charge in [-0.25, -0.2) is 14.5 Å². The molecule has 5 rings (SSSR count). The van der Waals surface area contributed by atoms with Crippen LogP contribution in [0.4, 0.5) is 5.82 Å². The van der Waals surface area contributed by atoms with Crippen LogP contribution in [0.25, 0.3) is 16.9 Å². The van der Waals surface area contributed by atoms with Crippen molar-refractivity contribution < 1.29 is 9.53 Å². The maximum atomic E-state index is 12.6. The van der Waals surface area contributed by atoms with E-state index in [0.717, 1.165) is 28.1 Å². The van der Waals surface area contributed by atoms with Crippen molar-refractivity contribution in [2.75, 3.05) is 0 Å². The summed E-state index contributed by atoms with van der Waals surface area (Å²) in [6.07, 6.45) is 1.75. The van der Waals surface area contributed by atoms with E-state index in [0.29, 0.717) is 17.1 Å². The van der Waals surface area contributed by atoms with Gasteiger partial charge >= 0.3 is 5.97 Å². The van der Waals surface area contributed by atoms with Crippen LogP contribution in [-0.4, -0.2) is 22.0 Å². The molecule has 0 spiro atoms. The van der Waals surface area contributed by atoms with Gasteiger partial charge in [-0.05, 0) is 55.3 Å². The minimum atomic E-state index is -0.382. The molecule has 4 aromatic carbocycles. The van der Waals surface area contributed by atoms with Crippen molar-refractivity contribution in [3.05, 3.63) is 131 Å². The van der Waals surface area contributed by atoms with E-state index in [2.05, 4.69) is 31.2 Å². The van der Waals surface area contributed by atoms with Gasteiger partial charge in [0.15, 0.2) is 5.82 Å². The summed E-state index contributed by atoms with van der Waals surface area (Å²) in [7, 11) is 0. The number of carbonyl (C=O) groups excluding carboxylic acids is 1. The smallest absolute Gasteiger partial charge is 0.343 e. The topological polar surface area (TPSA) is 56.5 Å². The van der Waals surface area contributed by atoms with Gasteiger partial charge in [0.05, 0.1) is 16.9 Å². The Kier molecular flexibility index (Phi) is 6.54. The summed E-state index contributed by atoms with van der Waals surface area (Å²) in [4.78, 5) is 17.4. The second kappa shape index (κ2) is 10.2. The Morgan fingerprint density at radius 1 is 0.833 bits per heavy atom. The summed E-state index contributed by atoms with van der Waals surface area (Å²) in [5.74, 6) is 0.773. The molecule has 0 bridgehead atoms. The Hall–Kier alpha value is -4.77. The van der Waals surface area contributed by atoms with E-state index in [9.17, 15) is 4.79 Å². The third-order valence-electron chi connectivity index (χ3n) is 5.82. The molecule has 0 N–H and O–H groups in total. The second-order valence-electron chi connectivity index (χ2n) is 8.54. The molecule has 5 nitrogen and oxygen atoms in total. The number of hydrogen-bond acceptors (Lipinski definition) is 4. The van der Waals surface area contributed by atoms with Crippen LogP contribution in [-0.2, 0) is 0 Å². The van der Waals surface area contributed by atoms with E-state index >= 15 is 0 Å². The Morgan fingerprint density at radius 2 is 1.58 bits per heavy atom. The van der Waals surface area contributed by atoms with E-state index in [1.54, 1.807) is 24.4 Å². The molecular weight excluding hydrogens is 446 g/mol. The zero-order chi connectivity index (χ0) is 24.9. The molecule has 1 aromatic heterocycles. The molecule has 5 heteroatoms. The molecule has 0 aliphatic rings. The highest BCUT2D eigenvalue weighted by molar-refractivity contribution is 5.93. The third-order valence-corrected chi connectivity index (χ3v) is 5.82. The van der Waals surface area contributed by atoms with Gasteiger partial charge in [0, 0.05) is 17.8 Å². The van der Waals surface area contributed by atoms with Gasteiger partial charge in [0.2, 0.25) is 0 Å². The molecule has 0 unspecified atom stereocenters. The van der Waals surface area contributed by atoms with Gasteiger partial charge in [-0.3, -0.25) is 0 Å². The molecular formula is C31H25N3O2. The molecule has 5 aromatic rings. The molecule has 176 valence electrons. The molecule has 0 aliphatic heterocycles. The largest absolute Gasteiger partial charge is 0.423 e. The second-order valence-corrected chi connectivity index (χ2v) is 8.54. The van der Waals surface area contributed by atoms with Gasteiger partial charge < -0.3 is 4.74 Å². The van der Waals surface area contributed by atoms with E-state index in [4.69, 9.17) is 14.8 Å². The maximum Gasteiger partial charge on any atom is 0.343 e. The predicted octanol–water partition coefficient (Wildman–Crippen LogP) is 7.13. The molecule has 0 atom stereocenters. The molecule has 0 aliphatic carbocycles. The van der Waals surface area contributed by atoms with E-state index in [1.807, 2.05) is 78.3 Å². The number of hydrogen-bond donors (Lipinski definition) is 0. The molecule has 36 heavy (non-hydrogen) atoms. The van der Waals surface area contributed by atoms with Crippen LogP contribution in [0.15, 0.2) is 114 Å². The Labute approximate surface area is 210 Å². The van der Waals surface area contributed by atoms with Crippen molar-refractivity contribution >= 4 is 18.0 Å². The van der Waals surface area contributed by atoms with Crippen molar-refractivity contribution in [3.63, 3.8) is 0 Å². The maximum absolute atomic E-state index is 12.6. The van der Waals surface area contributed by atoms with Crippen LogP contribution in [0.5, 0.6) is 5.75 Å². The number of para-hydroxylation sites is 1. The molecule has 0 saturated carbocycles. The van der Waals surface area contributed by atoms with Crippen molar-refractivity contribution in [3.8, 4) is 22.7 Å². The fourth-order valence-corrected chi connectivity index (χ4v) is 3.85. The Balaban J connectivity index is 1.43. The average molecular weight is 472 g/mol. The van der Waals surface area contributed by atoms with Gasteiger partial charge in [-0.15, -0.1) is 0 Å². The number of aliphatic imine (C=N–C) groups is 1. The van der Waals surface area contributed by atoms with Crippen LogP contribution < -0.4 is 4.74 Å². The van der Waals surface area contributed by atoms with Crippen molar-refractivity contribution in [1.29, 1.82) is 0 Å². The van der Waals surface area contributed by atoms with E-state index < -0.39 is 0 Å². The number of rotatable bonds is 6. The van der Waals surface area contributed by atoms with Crippen molar-refractivity contribution in [1.82, 2.24) is 9.78 Å². The van der Waals surface area contributed by atoms with Gasteiger partial charge in [-0.1, -0.05) is 78.4 Å². The predicted molar refractivity (Wildman–Crippen MR) is 144 cm³/mol. The number of esters is 1. The summed E-state index contributed by atoms with van der Waals surface area (Å²) in [5.41, 5.74) is 6.21. The normalized spacial score (nSPS) is 11.1. The SMILES string of the molecule is Cc1ccc(-c2cc(N=Cc3cccc(OC(=O)c4ccccc4C)c3)n(-c3ccccc3)n2)cc1. The monoisotopic (exact) mass is 471 g/mol. The van der Waals surface area contributed by atoms with Gasteiger partial charge in [0.1, 0.15) is 5.75 Å². The first-order valence-corrected chi connectivity index (χ1v) is 11.7. The Bertz CT molecular complexity index is 1530. The quantitative estimate of drug-likeness (QED) is 0.150. The summed E-state index contributed by atoms with van der Waals surface area (Å²) in [6, 6.07) is 34.8. The number of ether oxygens (including phenoxy) is 1. The minimum Gasteiger partial charge on any atom is -0.423 e. The molecule has 0 saturated heterocycles. The number of aromatic nitrogens is 2.